The molecule has 7 aromatic carbocycles. The fraction of sp³-hybridized carbons (Fsp3) is 0.0244. The molecule has 0 fully saturated rings. The van der Waals surface area contributed by atoms with Gasteiger partial charge in [-0.25, -0.2) is 0 Å². The van der Waals surface area contributed by atoms with E-state index in [4.69, 9.17) is 0 Å². The summed E-state index contributed by atoms with van der Waals surface area (Å²) in [5.74, 6) is 0. The van der Waals surface area contributed by atoms with Crippen molar-refractivity contribution in [1.29, 1.82) is 0 Å². The van der Waals surface area contributed by atoms with Crippen molar-refractivity contribution in [1.82, 2.24) is 4.57 Å². The number of hydrogen-bond donors (Lipinski definition) is 0. The van der Waals surface area contributed by atoms with E-state index in [1.165, 1.54) is 54.8 Å². The van der Waals surface area contributed by atoms with Crippen LogP contribution in [0.5, 0.6) is 0 Å². The lowest BCUT2D eigenvalue weighted by atomic mass is 10.0. The average molecular weight is 551 g/mol. The van der Waals surface area contributed by atoms with Gasteiger partial charge in [0.25, 0.3) is 0 Å². The van der Waals surface area contributed by atoms with Gasteiger partial charge in [-0.3, -0.25) is 0 Å². The predicted octanol–water partition coefficient (Wildman–Crippen LogP) is 11.3. The Labute approximate surface area is 251 Å². The SMILES string of the molecule is Cn1c2cc3ccccc3cc2c2cccc(-c3ccc(N(c4ccccc4)c4cccc(-c5ccccc5)c4)cc3)c21. The minimum absolute atomic E-state index is 1.12. The largest absolute Gasteiger partial charge is 0.343 e. The molecule has 0 aliphatic rings. The van der Waals surface area contributed by atoms with Crippen LogP contribution in [0.25, 0.3) is 54.8 Å². The maximum atomic E-state index is 2.35. The summed E-state index contributed by atoms with van der Waals surface area (Å²) in [6, 6.07) is 58.9. The fourth-order valence-electron chi connectivity index (χ4n) is 6.47. The monoisotopic (exact) mass is 550 g/mol. The standard InChI is InChI=1S/C41H30N2/c1-42-40-28-33-15-9-8-14-32(33)27-39(40)38-21-11-20-37(41(38)42)30-22-24-35(25-23-30)43(34-17-6-3-7-18-34)36-19-10-16-31(26-36)29-12-4-2-5-13-29/h2-28H,1H3. The van der Waals surface area contributed by atoms with Crippen LogP contribution >= 0.6 is 0 Å². The third-order valence-electron chi connectivity index (χ3n) is 8.55. The maximum absolute atomic E-state index is 2.35. The highest BCUT2D eigenvalue weighted by molar-refractivity contribution is 6.15. The molecule has 2 heteroatoms. The smallest absolute Gasteiger partial charge is 0.0568 e. The summed E-state index contributed by atoms with van der Waals surface area (Å²) >= 11 is 0. The van der Waals surface area contributed by atoms with Crippen LogP contribution in [0.15, 0.2) is 164 Å². The topological polar surface area (TPSA) is 8.17 Å². The highest BCUT2D eigenvalue weighted by Gasteiger charge is 2.16. The van der Waals surface area contributed by atoms with Gasteiger partial charge in [-0.1, -0.05) is 115 Å². The number of nitrogens with zero attached hydrogens (tertiary/aromatic N) is 2. The number of benzene rings is 7. The Balaban J connectivity index is 1.24. The Bertz CT molecular complexity index is 2230. The number of fused-ring (bicyclic) bond motifs is 4. The molecule has 204 valence electrons. The second-order valence-electron chi connectivity index (χ2n) is 11.1. The Kier molecular flexibility index (Phi) is 6.05. The van der Waals surface area contributed by atoms with Gasteiger partial charge in [0.2, 0.25) is 0 Å². The van der Waals surface area contributed by atoms with E-state index < -0.39 is 0 Å². The zero-order valence-electron chi connectivity index (χ0n) is 24.0. The molecule has 1 aromatic heterocycles. The van der Waals surface area contributed by atoms with E-state index >= 15 is 0 Å². The normalized spacial score (nSPS) is 11.4. The van der Waals surface area contributed by atoms with Crippen LogP contribution < -0.4 is 4.90 Å². The van der Waals surface area contributed by atoms with Gasteiger partial charge in [0.05, 0.1) is 5.52 Å². The minimum atomic E-state index is 1.12. The van der Waals surface area contributed by atoms with Gasteiger partial charge >= 0.3 is 0 Å². The Morgan fingerprint density at radius 2 is 1.02 bits per heavy atom. The predicted molar refractivity (Wildman–Crippen MR) is 183 cm³/mol. The van der Waals surface area contributed by atoms with Crippen molar-refractivity contribution in [2.45, 2.75) is 0 Å². The second-order valence-corrected chi connectivity index (χ2v) is 11.1. The molecule has 0 aliphatic heterocycles. The summed E-state index contributed by atoms with van der Waals surface area (Å²) in [6.07, 6.45) is 0. The fourth-order valence-corrected chi connectivity index (χ4v) is 6.47. The lowest BCUT2D eigenvalue weighted by molar-refractivity contribution is 1.02. The number of anilines is 3. The summed E-state index contributed by atoms with van der Waals surface area (Å²) in [4.78, 5) is 2.33. The van der Waals surface area contributed by atoms with Gasteiger partial charge in [-0.2, -0.15) is 0 Å². The molecule has 0 amide bonds. The van der Waals surface area contributed by atoms with Crippen molar-refractivity contribution >= 4 is 49.6 Å². The molecule has 2 nitrogen and oxygen atoms in total. The van der Waals surface area contributed by atoms with Crippen molar-refractivity contribution in [3.63, 3.8) is 0 Å². The number of aromatic nitrogens is 1. The van der Waals surface area contributed by atoms with Crippen LogP contribution in [0.1, 0.15) is 0 Å². The molecule has 0 unspecified atom stereocenters. The molecule has 43 heavy (non-hydrogen) atoms. The first kappa shape index (κ1) is 25.1. The van der Waals surface area contributed by atoms with E-state index in [0.29, 0.717) is 0 Å². The molecular weight excluding hydrogens is 520 g/mol. The third-order valence-corrected chi connectivity index (χ3v) is 8.55. The van der Waals surface area contributed by atoms with Crippen LogP contribution in [-0.4, -0.2) is 4.57 Å². The summed E-state index contributed by atoms with van der Waals surface area (Å²) in [5, 5.41) is 5.12. The van der Waals surface area contributed by atoms with Gasteiger partial charge < -0.3 is 9.47 Å². The molecule has 0 saturated heterocycles. The molecule has 0 saturated carbocycles. The van der Waals surface area contributed by atoms with Gasteiger partial charge in [0.15, 0.2) is 0 Å². The molecule has 0 radical (unpaired) electrons. The Morgan fingerprint density at radius 3 is 1.79 bits per heavy atom. The molecule has 1 heterocycles. The first-order valence-corrected chi connectivity index (χ1v) is 14.8. The first-order valence-electron chi connectivity index (χ1n) is 14.8. The van der Waals surface area contributed by atoms with Gasteiger partial charge in [0, 0.05) is 46.0 Å². The average Bonchev–Trinajstić information content (AvgIpc) is 3.36. The summed E-state index contributed by atoms with van der Waals surface area (Å²) in [6.45, 7) is 0. The van der Waals surface area contributed by atoms with Crippen LogP contribution in [-0.2, 0) is 7.05 Å². The van der Waals surface area contributed by atoms with Crippen molar-refractivity contribution in [2.75, 3.05) is 4.90 Å². The number of hydrogen-bond acceptors (Lipinski definition) is 1. The van der Waals surface area contributed by atoms with Crippen LogP contribution in [0, 0.1) is 0 Å². The van der Waals surface area contributed by atoms with Crippen LogP contribution in [0.3, 0.4) is 0 Å². The zero-order chi connectivity index (χ0) is 28.8. The molecular formula is C41H30N2. The van der Waals surface area contributed by atoms with Crippen molar-refractivity contribution in [3.8, 4) is 22.3 Å². The summed E-state index contributed by atoms with van der Waals surface area (Å²) < 4.78 is 2.35. The van der Waals surface area contributed by atoms with Crippen LogP contribution in [0.2, 0.25) is 0 Å². The molecule has 8 rings (SSSR count). The molecule has 0 bridgehead atoms. The molecule has 0 aliphatic carbocycles. The number of para-hydroxylation sites is 2. The molecule has 0 atom stereocenters. The summed E-state index contributed by atoms with van der Waals surface area (Å²) in [5.41, 5.74) is 10.7. The van der Waals surface area contributed by atoms with E-state index in [1.54, 1.807) is 0 Å². The van der Waals surface area contributed by atoms with E-state index in [2.05, 4.69) is 180 Å². The Morgan fingerprint density at radius 1 is 0.419 bits per heavy atom. The molecule has 0 N–H and O–H groups in total. The highest BCUT2D eigenvalue weighted by Crippen LogP contribution is 2.40. The van der Waals surface area contributed by atoms with E-state index in [1.807, 2.05) is 0 Å². The Hall–Kier alpha value is -5.60. The van der Waals surface area contributed by atoms with Crippen LogP contribution in [0.4, 0.5) is 17.1 Å². The quantitative estimate of drug-likeness (QED) is 0.207. The highest BCUT2D eigenvalue weighted by atomic mass is 15.1. The lowest BCUT2D eigenvalue weighted by Gasteiger charge is -2.26. The lowest BCUT2D eigenvalue weighted by Crippen LogP contribution is -2.09. The van der Waals surface area contributed by atoms with Crippen molar-refractivity contribution in [3.05, 3.63) is 164 Å². The number of rotatable bonds is 5. The molecule has 8 aromatic rings. The van der Waals surface area contributed by atoms with Gasteiger partial charge in [-0.05, 0) is 76.0 Å². The minimum Gasteiger partial charge on any atom is -0.343 e. The first-order chi connectivity index (χ1) is 21.2. The number of aryl methyl sites for hydroxylation is 1. The van der Waals surface area contributed by atoms with E-state index in [-0.39, 0.29) is 0 Å². The van der Waals surface area contributed by atoms with E-state index in [9.17, 15) is 0 Å². The molecule has 0 spiro atoms. The third kappa shape index (κ3) is 4.36. The maximum Gasteiger partial charge on any atom is 0.0568 e. The zero-order valence-corrected chi connectivity index (χ0v) is 24.0. The van der Waals surface area contributed by atoms with Gasteiger partial charge in [-0.15, -0.1) is 0 Å². The van der Waals surface area contributed by atoms with Crippen molar-refractivity contribution in [2.24, 2.45) is 7.05 Å². The van der Waals surface area contributed by atoms with Crippen molar-refractivity contribution < 1.29 is 0 Å². The van der Waals surface area contributed by atoms with Gasteiger partial charge in [0.1, 0.15) is 0 Å². The van der Waals surface area contributed by atoms with E-state index in [0.717, 1.165) is 17.1 Å². The summed E-state index contributed by atoms with van der Waals surface area (Å²) in [7, 11) is 2.19. The second kappa shape index (κ2) is 10.3.